The molecule has 1 aliphatic heterocycles. The standard InChI is InChI=1S/C17H18N2O/c20-17-8-4-11-19(16-7-2-1-6-15(16)17)12-9-14-5-3-10-18-13-14/h1-3,5-7,10,13H,4,8-9,11-12H2. The number of carbonyl (C=O) groups is 1. The fraction of sp³-hybridized carbons (Fsp3) is 0.294. The van der Waals surface area contributed by atoms with Gasteiger partial charge in [-0.25, -0.2) is 0 Å². The number of aromatic nitrogens is 1. The Balaban J connectivity index is 1.79. The van der Waals surface area contributed by atoms with Crippen LogP contribution < -0.4 is 4.90 Å². The number of fused-ring (bicyclic) bond motifs is 1. The molecule has 20 heavy (non-hydrogen) atoms. The van der Waals surface area contributed by atoms with Crippen LogP contribution in [-0.4, -0.2) is 23.9 Å². The van der Waals surface area contributed by atoms with Crippen LogP contribution in [0.3, 0.4) is 0 Å². The number of hydrogen-bond donors (Lipinski definition) is 0. The lowest BCUT2D eigenvalue weighted by molar-refractivity contribution is 0.0984. The molecule has 0 amide bonds. The van der Waals surface area contributed by atoms with Gasteiger partial charge in [0.15, 0.2) is 5.78 Å². The molecule has 1 aromatic heterocycles. The molecule has 2 heterocycles. The SMILES string of the molecule is O=C1CCCN(CCc2cccnc2)c2ccccc21. The Hall–Kier alpha value is -2.16. The first kappa shape index (κ1) is 12.9. The Morgan fingerprint density at radius 2 is 2.05 bits per heavy atom. The van der Waals surface area contributed by atoms with Gasteiger partial charge in [0.05, 0.1) is 0 Å². The number of ketones is 1. The highest BCUT2D eigenvalue weighted by molar-refractivity contribution is 6.01. The van der Waals surface area contributed by atoms with Crippen molar-refractivity contribution in [3.8, 4) is 0 Å². The fourth-order valence-corrected chi connectivity index (χ4v) is 2.71. The van der Waals surface area contributed by atoms with Crippen molar-refractivity contribution in [1.82, 2.24) is 4.98 Å². The average molecular weight is 266 g/mol. The normalized spacial score (nSPS) is 14.8. The average Bonchev–Trinajstić information content (AvgIpc) is 2.66. The van der Waals surface area contributed by atoms with Gasteiger partial charge in [0.2, 0.25) is 0 Å². The van der Waals surface area contributed by atoms with E-state index in [4.69, 9.17) is 0 Å². The lowest BCUT2D eigenvalue weighted by Gasteiger charge is -2.24. The second-order valence-electron chi connectivity index (χ2n) is 5.14. The third kappa shape index (κ3) is 2.72. The van der Waals surface area contributed by atoms with Gasteiger partial charge in [0, 0.05) is 43.2 Å². The summed E-state index contributed by atoms with van der Waals surface area (Å²) in [6.45, 7) is 1.87. The number of benzene rings is 1. The number of rotatable bonds is 3. The maximum Gasteiger partial charge on any atom is 0.165 e. The van der Waals surface area contributed by atoms with Crippen molar-refractivity contribution in [2.24, 2.45) is 0 Å². The zero-order valence-corrected chi connectivity index (χ0v) is 11.5. The van der Waals surface area contributed by atoms with Gasteiger partial charge in [-0.05, 0) is 36.6 Å². The highest BCUT2D eigenvalue weighted by Gasteiger charge is 2.19. The third-order valence-electron chi connectivity index (χ3n) is 3.77. The van der Waals surface area contributed by atoms with Crippen LogP contribution in [0.4, 0.5) is 5.69 Å². The van der Waals surface area contributed by atoms with Crippen LogP contribution in [0, 0.1) is 0 Å². The predicted molar refractivity (Wildman–Crippen MR) is 80.2 cm³/mol. The molecule has 3 heteroatoms. The molecule has 0 radical (unpaired) electrons. The zero-order chi connectivity index (χ0) is 13.8. The van der Waals surface area contributed by atoms with Crippen LogP contribution in [0.25, 0.3) is 0 Å². The van der Waals surface area contributed by atoms with Gasteiger partial charge in [-0.1, -0.05) is 18.2 Å². The quantitative estimate of drug-likeness (QED) is 0.856. The van der Waals surface area contributed by atoms with Crippen LogP contribution >= 0.6 is 0 Å². The smallest absolute Gasteiger partial charge is 0.165 e. The first-order valence-electron chi connectivity index (χ1n) is 7.11. The molecule has 102 valence electrons. The summed E-state index contributed by atoms with van der Waals surface area (Å²) in [6, 6.07) is 12.0. The summed E-state index contributed by atoms with van der Waals surface area (Å²) >= 11 is 0. The molecule has 0 spiro atoms. The van der Waals surface area contributed by atoms with Crippen molar-refractivity contribution in [3.63, 3.8) is 0 Å². The van der Waals surface area contributed by atoms with Crippen molar-refractivity contribution in [2.75, 3.05) is 18.0 Å². The van der Waals surface area contributed by atoms with Crippen molar-refractivity contribution >= 4 is 11.5 Å². The molecular formula is C17H18N2O. The second-order valence-corrected chi connectivity index (χ2v) is 5.14. The van der Waals surface area contributed by atoms with E-state index in [9.17, 15) is 4.79 Å². The van der Waals surface area contributed by atoms with Crippen LogP contribution in [0.15, 0.2) is 48.8 Å². The van der Waals surface area contributed by atoms with E-state index in [2.05, 4.69) is 22.0 Å². The minimum atomic E-state index is 0.268. The lowest BCUT2D eigenvalue weighted by Crippen LogP contribution is -2.26. The molecule has 0 saturated heterocycles. The minimum absolute atomic E-state index is 0.268. The Morgan fingerprint density at radius 1 is 1.15 bits per heavy atom. The highest BCUT2D eigenvalue weighted by Crippen LogP contribution is 2.26. The fourth-order valence-electron chi connectivity index (χ4n) is 2.71. The van der Waals surface area contributed by atoms with E-state index in [0.717, 1.165) is 37.2 Å². The summed E-state index contributed by atoms with van der Waals surface area (Å²) in [4.78, 5) is 18.6. The Morgan fingerprint density at radius 3 is 2.90 bits per heavy atom. The molecule has 1 aliphatic rings. The molecule has 0 aliphatic carbocycles. The van der Waals surface area contributed by atoms with Crippen molar-refractivity contribution in [1.29, 1.82) is 0 Å². The largest absolute Gasteiger partial charge is 0.371 e. The first-order valence-corrected chi connectivity index (χ1v) is 7.11. The lowest BCUT2D eigenvalue weighted by atomic mass is 10.1. The van der Waals surface area contributed by atoms with Crippen molar-refractivity contribution in [2.45, 2.75) is 19.3 Å². The van der Waals surface area contributed by atoms with Gasteiger partial charge >= 0.3 is 0 Å². The molecular weight excluding hydrogens is 248 g/mol. The summed E-state index contributed by atoms with van der Waals surface area (Å²) in [5.74, 6) is 0.268. The third-order valence-corrected chi connectivity index (χ3v) is 3.77. The van der Waals surface area contributed by atoms with E-state index in [0.29, 0.717) is 6.42 Å². The van der Waals surface area contributed by atoms with Gasteiger partial charge in [-0.3, -0.25) is 9.78 Å². The number of nitrogens with zero attached hydrogens (tertiary/aromatic N) is 2. The van der Waals surface area contributed by atoms with E-state index >= 15 is 0 Å². The van der Waals surface area contributed by atoms with Gasteiger partial charge < -0.3 is 4.90 Å². The molecule has 1 aromatic carbocycles. The van der Waals surface area contributed by atoms with Gasteiger partial charge in [0.25, 0.3) is 0 Å². The maximum atomic E-state index is 12.1. The molecule has 3 nitrogen and oxygen atoms in total. The topological polar surface area (TPSA) is 33.2 Å². The van der Waals surface area contributed by atoms with Crippen LogP contribution in [0.5, 0.6) is 0 Å². The van der Waals surface area contributed by atoms with E-state index < -0.39 is 0 Å². The van der Waals surface area contributed by atoms with Crippen LogP contribution in [0.1, 0.15) is 28.8 Å². The number of pyridine rings is 1. The Kier molecular flexibility index (Phi) is 3.77. The number of hydrogen-bond acceptors (Lipinski definition) is 3. The molecule has 0 bridgehead atoms. The summed E-state index contributed by atoms with van der Waals surface area (Å²) in [5.41, 5.74) is 3.19. The highest BCUT2D eigenvalue weighted by atomic mass is 16.1. The van der Waals surface area contributed by atoms with Crippen LogP contribution in [0.2, 0.25) is 0 Å². The molecule has 0 unspecified atom stereocenters. The molecule has 0 atom stereocenters. The van der Waals surface area contributed by atoms with E-state index in [1.807, 2.05) is 30.5 Å². The molecule has 3 rings (SSSR count). The van der Waals surface area contributed by atoms with E-state index in [1.54, 1.807) is 6.20 Å². The summed E-state index contributed by atoms with van der Waals surface area (Å²) in [6.07, 6.45) is 6.25. The zero-order valence-electron chi connectivity index (χ0n) is 11.5. The summed E-state index contributed by atoms with van der Waals surface area (Å²) < 4.78 is 0. The molecule has 0 N–H and O–H groups in total. The van der Waals surface area contributed by atoms with Crippen molar-refractivity contribution < 1.29 is 4.79 Å². The summed E-state index contributed by atoms with van der Waals surface area (Å²) in [5, 5.41) is 0. The van der Waals surface area contributed by atoms with Gasteiger partial charge in [-0.15, -0.1) is 0 Å². The Labute approximate surface area is 119 Å². The van der Waals surface area contributed by atoms with Crippen LogP contribution in [-0.2, 0) is 6.42 Å². The summed E-state index contributed by atoms with van der Waals surface area (Å²) in [7, 11) is 0. The second kappa shape index (κ2) is 5.87. The van der Waals surface area contributed by atoms with Gasteiger partial charge in [0.1, 0.15) is 0 Å². The monoisotopic (exact) mass is 266 g/mol. The Bertz CT molecular complexity index is 595. The number of carbonyl (C=O) groups excluding carboxylic acids is 1. The first-order chi connectivity index (χ1) is 9.84. The maximum absolute atomic E-state index is 12.1. The molecule has 0 saturated carbocycles. The molecule has 2 aromatic rings. The van der Waals surface area contributed by atoms with Crippen molar-refractivity contribution in [3.05, 3.63) is 59.9 Å². The predicted octanol–water partition coefficient (Wildman–Crippen LogP) is 3.11. The van der Waals surface area contributed by atoms with E-state index in [-0.39, 0.29) is 5.78 Å². The minimum Gasteiger partial charge on any atom is -0.371 e. The van der Waals surface area contributed by atoms with Gasteiger partial charge in [-0.2, -0.15) is 0 Å². The molecule has 0 fully saturated rings. The van der Waals surface area contributed by atoms with E-state index in [1.165, 1.54) is 5.56 Å². The number of Topliss-reactive ketones (excluding diaryl/α,β-unsaturated/α-hetero) is 1. The number of anilines is 1. The number of para-hydroxylation sites is 1.